The second-order valence-electron chi connectivity index (χ2n) is 9.28. The van der Waals surface area contributed by atoms with Gasteiger partial charge in [-0.3, -0.25) is 9.78 Å². The summed E-state index contributed by atoms with van der Waals surface area (Å²) in [7, 11) is 0. The Labute approximate surface area is 221 Å². The number of anilines is 1. The van der Waals surface area contributed by atoms with E-state index in [-0.39, 0.29) is 23.0 Å². The fraction of sp³-hybridized carbons (Fsp3) is 0.320. The Kier molecular flexibility index (Phi) is 6.89. The number of nitriles is 1. The highest BCUT2D eigenvalue weighted by molar-refractivity contribution is 7.16. The van der Waals surface area contributed by atoms with Crippen LogP contribution in [0.15, 0.2) is 36.7 Å². The first kappa shape index (κ1) is 25.1. The van der Waals surface area contributed by atoms with Gasteiger partial charge in [0.1, 0.15) is 6.07 Å². The Morgan fingerprint density at radius 2 is 2.08 bits per heavy atom. The van der Waals surface area contributed by atoms with Crippen molar-refractivity contribution in [2.75, 3.05) is 18.4 Å². The number of carbonyl (C=O) groups excluding carboxylic acids is 1. The molecule has 4 aromatic heterocycles. The lowest BCUT2D eigenvalue weighted by Crippen LogP contribution is -2.49. The summed E-state index contributed by atoms with van der Waals surface area (Å²) in [5, 5.41) is 37.7. The Morgan fingerprint density at radius 1 is 1.24 bits per heavy atom. The van der Waals surface area contributed by atoms with Crippen LogP contribution in [0, 0.1) is 11.3 Å². The summed E-state index contributed by atoms with van der Waals surface area (Å²) < 4.78 is 1.73. The number of hydrogen-bond acceptors (Lipinski definition) is 9. The van der Waals surface area contributed by atoms with E-state index < -0.39 is 6.09 Å². The minimum atomic E-state index is -1.10. The van der Waals surface area contributed by atoms with Crippen LogP contribution in [0.2, 0.25) is 0 Å². The Morgan fingerprint density at radius 3 is 2.84 bits per heavy atom. The zero-order valence-corrected chi connectivity index (χ0v) is 21.6. The monoisotopic (exact) mass is 531 g/mol. The van der Waals surface area contributed by atoms with Crippen molar-refractivity contribution >= 4 is 34.5 Å². The lowest BCUT2D eigenvalue weighted by atomic mass is 10.1. The number of carboxylic acid groups (broad SMARTS) is 1. The molecule has 1 atom stereocenters. The van der Waals surface area contributed by atoms with Crippen LogP contribution in [0.5, 0.6) is 0 Å². The normalized spacial score (nSPS) is 15.4. The molecular formula is C25H25N9O3S. The molecule has 0 spiro atoms. The van der Waals surface area contributed by atoms with Gasteiger partial charge in [-0.2, -0.15) is 10.4 Å². The van der Waals surface area contributed by atoms with Crippen molar-refractivity contribution in [3.05, 3.63) is 47.2 Å². The quantitative estimate of drug-likeness (QED) is 0.338. The number of hydrogen-bond donors (Lipinski definition) is 3. The van der Waals surface area contributed by atoms with E-state index in [1.165, 1.54) is 17.5 Å². The van der Waals surface area contributed by atoms with E-state index >= 15 is 0 Å². The molecule has 0 aliphatic carbocycles. The van der Waals surface area contributed by atoms with Gasteiger partial charge in [0.2, 0.25) is 5.01 Å². The molecule has 1 aliphatic heterocycles. The van der Waals surface area contributed by atoms with Crippen LogP contribution in [0.1, 0.15) is 42.1 Å². The first-order chi connectivity index (χ1) is 18.3. The topological polar surface area (TPSA) is 161 Å². The van der Waals surface area contributed by atoms with E-state index in [1.807, 2.05) is 32.0 Å². The number of piperidine rings is 1. The predicted octanol–water partition coefficient (Wildman–Crippen LogP) is 3.48. The van der Waals surface area contributed by atoms with Crippen molar-refractivity contribution in [2.24, 2.45) is 0 Å². The van der Waals surface area contributed by atoms with Crippen molar-refractivity contribution in [2.45, 2.75) is 38.8 Å². The molecule has 0 aromatic carbocycles. The number of pyridine rings is 1. The van der Waals surface area contributed by atoms with Crippen LogP contribution in [-0.4, -0.2) is 72.0 Å². The van der Waals surface area contributed by atoms with Crippen LogP contribution in [-0.2, 0) is 0 Å². The molecule has 1 aliphatic rings. The maximum absolute atomic E-state index is 13.1. The maximum Gasteiger partial charge on any atom is 0.404 e. The fourth-order valence-electron chi connectivity index (χ4n) is 4.46. The lowest BCUT2D eigenvalue weighted by molar-refractivity contribution is 0.0691. The largest absolute Gasteiger partial charge is 0.465 e. The first-order valence-corrected chi connectivity index (χ1v) is 12.9. The van der Waals surface area contributed by atoms with Crippen LogP contribution in [0.3, 0.4) is 0 Å². The van der Waals surface area contributed by atoms with Crippen molar-refractivity contribution in [3.8, 4) is 28.0 Å². The predicted molar refractivity (Wildman–Crippen MR) is 141 cm³/mol. The van der Waals surface area contributed by atoms with Gasteiger partial charge in [-0.15, -0.1) is 10.2 Å². The van der Waals surface area contributed by atoms with Gasteiger partial charge in [0.25, 0.3) is 5.91 Å². The van der Waals surface area contributed by atoms with Crippen molar-refractivity contribution in [3.63, 3.8) is 0 Å². The van der Waals surface area contributed by atoms with E-state index in [4.69, 9.17) is 10.4 Å². The van der Waals surface area contributed by atoms with Crippen LogP contribution in [0.4, 0.5) is 10.5 Å². The summed E-state index contributed by atoms with van der Waals surface area (Å²) in [5.74, 6) is -0.268. The van der Waals surface area contributed by atoms with E-state index in [1.54, 1.807) is 21.7 Å². The average Bonchev–Trinajstić information content (AvgIpc) is 3.55. The zero-order valence-electron chi connectivity index (χ0n) is 20.7. The van der Waals surface area contributed by atoms with Gasteiger partial charge in [-0.05, 0) is 51.0 Å². The number of carbonyl (C=O) groups is 2. The standard InChI is InChI=1S/C25H25N9O3S/c1-14(2)29-19-9-20(21-6-5-17-8-15(10-26)11-28-34(17)21)27-12-18(19)22-31-32-23(38-22)24(35)33-7-3-4-16(13-33)30-25(36)37/h5-6,8-9,11-12,14,16,30H,3-4,7,13H2,1-2H3,(H,27,29)(H,36,37). The first-order valence-electron chi connectivity index (χ1n) is 12.1. The Balaban J connectivity index is 1.43. The van der Waals surface area contributed by atoms with Crippen LogP contribution < -0.4 is 10.6 Å². The third-order valence-electron chi connectivity index (χ3n) is 6.11. The summed E-state index contributed by atoms with van der Waals surface area (Å²) >= 11 is 1.18. The number of nitrogens with one attached hydrogen (secondary N) is 2. The fourth-order valence-corrected chi connectivity index (χ4v) is 5.29. The highest BCUT2D eigenvalue weighted by atomic mass is 32.1. The van der Waals surface area contributed by atoms with Gasteiger partial charge in [0, 0.05) is 37.1 Å². The SMILES string of the molecule is CC(C)Nc1cc(-c2ccc3cc(C#N)cnn23)ncc1-c1nnc(C(=O)N2CCCC(NC(=O)O)C2)s1. The van der Waals surface area contributed by atoms with Gasteiger partial charge < -0.3 is 20.6 Å². The number of fused-ring (bicyclic) bond motifs is 1. The van der Waals surface area contributed by atoms with E-state index in [2.05, 4.69) is 37.0 Å². The molecule has 194 valence electrons. The third kappa shape index (κ3) is 5.12. The van der Waals surface area contributed by atoms with Crippen LogP contribution >= 0.6 is 11.3 Å². The molecule has 38 heavy (non-hydrogen) atoms. The molecule has 1 unspecified atom stereocenters. The second kappa shape index (κ2) is 10.4. The second-order valence-corrected chi connectivity index (χ2v) is 10.3. The Hall–Kier alpha value is -4.57. The summed E-state index contributed by atoms with van der Waals surface area (Å²) in [4.78, 5) is 30.4. The summed E-state index contributed by atoms with van der Waals surface area (Å²) in [6.07, 6.45) is 3.51. The van der Waals surface area contributed by atoms with E-state index in [9.17, 15) is 9.59 Å². The zero-order chi connectivity index (χ0) is 26.8. The number of amides is 2. The summed E-state index contributed by atoms with van der Waals surface area (Å²) in [6.45, 7) is 4.88. The van der Waals surface area contributed by atoms with Gasteiger partial charge in [0.15, 0.2) is 5.01 Å². The van der Waals surface area contributed by atoms with E-state index in [0.29, 0.717) is 47.8 Å². The molecule has 3 N–H and O–H groups in total. The molecule has 0 bridgehead atoms. The molecule has 2 amide bonds. The molecule has 1 fully saturated rings. The van der Waals surface area contributed by atoms with Gasteiger partial charge >= 0.3 is 6.09 Å². The summed E-state index contributed by atoms with van der Waals surface area (Å²) in [5.41, 5.74) is 4.21. The number of rotatable bonds is 6. The smallest absolute Gasteiger partial charge is 0.404 e. The Bertz CT molecular complexity index is 1560. The lowest BCUT2D eigenvalue weighted by Gasteiger charge is -2.31. The minimum absolute atomic E-state index is 0.116. The number of nitrogens with zero attached hydrogens (tertiary/aromatic N) is 7. The molecule has 1 saturated heterocycles. The number of aromatic nitrogens is 5. The summed E-state index contributed by atoms with van der Waals surface area (Å²) in [6, 6.07) is 9.37. The molecule has 12 nitrogen and oxygen atoms in total. The minimum Gasteiger partial charge on any atom is -0.465 e. The number of likely N-dealkylation sites (tertiary alicyclic amines) is 1. The maximum atomic E-state index is 13.1. The van der Waals surface area contributed by atoms with Crippen molar-refractivity contribution in [1.82, 2.24) is 35.0 Å². The third-order valence-corrected chi connectivity index (χ3v) is 7.06. The molecule has 13 heteroatoms. The molecule has 5 heterocycles. The van der Waals surface area contributed by atoms with Crippen molar-refractivity contribution in [1.29, 1.82) is 5.26 Å². The molecular weight excluding hydrogens is 506 g/mol. The molecule has 5 rings (SSSR count). The van der Waals surface area contributed by atoms with Gasteiger partial charge in [-0.1, -0.05) is 11.3 Å². The average molecular weight is 532 g/mol. The van der Waals surface area contributed by atoms with Crippen LogP contribution in [0.25, 0.3) is 27.5 Å². The molecule has 0 saturated carbocycles. The van der Waals surface area contributed by atoms with Crippen molar-refractivity contribution < 1.29 is 14.7 Å². The molecule has 4 aromatic rings. The highest BCUT2D eigenvalue weighted by Crippen LogP contribution is 2.34. The van der Waals surface area contributed by atoms with Gasteiger partial charge in [-0.25, -0.2) is 9.31 Å². The van der Waals surface area contributed by atoms with Gasteiger partial charge in [0.05, 0.1) is 34.2 Å². The molecule has 0 radical (unpaired) electrons. The highest BCUT2D eigenvalue weighted by Gasteiger charge is 2.28. The van der Waals surface area contributed by atoms with E-state index in [0.717, 1.165) is 16.9 Å².